The first-order valence-electron chi connectivity index (χ1n) is 9.01. The third-order valence-electron chi connectivity index (χ3n) is 4.83. The van der Waals surface area contributed by atoms with E-state index in [-0.39, 0.29) is 29.3 Å². The summed E-state index contributed by atoms with van der Waals surface area (Å²) in [4.78, 5) is 12.7. The molecule has 0 spiro atoms. The van der Waals surface area contributed by atoms with Crippen LogP contribution in [0, 0.1) is 19.8 Å². The van der Waals surface area contributed by atoms with Gasteiger partial charge in [-0.25, -0.2) is 8.42 Å². The Morgan fingerprint density at radius 3 is 2.36 bits per heavy atom. The number of carbonyl (C=O) groups excluding carboxylic acids is 1. The Hall–Kier alpha value is -2.09. The van der Waals surface area contributed by atoms with Crippen molar-refractivity contribution in [1.82, 2.24) is 5.32 Å². The fourth-order valence-corrected chi connectivity index (χ4v) is 4.05. The SMILES string of the molecule is Cc1ccc(NS(=O)(=O)c2ccc(C)c(C(=O)NC(CN)C3CC3)c2)cc1.Cl. The molecule has 0 bridgehead atoms. The molecule has 3 rings (SSSR count). The topological polar surface area (TPSA) is 101 Å². The Kier molecular flexibility index (Phi) is 7.09. The highest BCUT2D eigenvalue weighted by atomic mass is 35.5. The van der Waals surface area contributed by atoms with Crippen LogP contribution in [0.25, 0.3) is 0 Å². The van der Waals surface area contributed by atoms with E-state index in [9.17, 15) is 13.2 Å². The van der Waals surface area contributed by atoms with Crippen LogP contribution in [0.2, 0.25) is 0 Å². The van der Waals surface area contributed by atoms with Gasteiger partial charge in [-0.2, -0.15) is 0 Å². The van der Waals surface area contributed by atoms with Gasteiger partial charge in [0.25, 0.3) is 15.9 Å². The molecule has 0 heterocycles. The van der Waals surface area contributed by atoms with Gasteiger partial charge < -0.3 is 11.1 Å². The van der Waals surface area contributed by atoms with Gasteiger partial charge in [0.2, 0.25) is 0 Å². The van der Waals surface area contributed by atoms with E-state index >= 15 is 0 Å². The predicted molar refractivity (Wildman–Crippen MR) is 113 cm³/mol. The fraction of sp³-hybridized carbons (Fsp3) is 0.350. The molecule has 1 amide bonds. The number of halogens is 1. The van der Waals surface area contributed by atoms with E-state index in [2.05, 4.69) is 10.0 Å². The Balaban J connectivity index is 0.00000280. The first-order chi connectivity index (χ1) is 12.8. The van der Waals surface area contributed by atoms with Gasteiger partial charge >= 0.3 is 0 Å². The molecule has 0 saturated heterocycles. The zero-order valence-electron chi connectivity index (χ0n) is 15.9. The number of sulfonamides is 1. The number of hydrogen-bond acceptors (Lipinski definition) is 4. The standard InChI is InChI=1S/C20H25N3O3S.ClH/c1-13-3-8-16(9-4-13)23-27(25,26)17-10-5-14(2)18(11-17)20(24)22-19(12-21)15-6-7-15;/h3-5,8-11,15,19,23H,6-7,12,21H2,1-2H3,(H,22,24);1H. The Morgan fingerprint density at radius 1 is 1.14 bits per heavy atom. The predicted octanol–water partition coefficient (Wildman–Crippen LogP) is 2.99. The lowest BCUT2D eigenvalue weighted by molar-refractivity contribution is 0.0932. The van der Waals surface area contributed by atoms with Crippen LogP contribution < -0.4 is 15.8 Å². The Morgan fingerprint density at radius 2 is 1.79 bits per heavy atom. The molecule has 28 heavy (non-hydrogen) atoms. The van der Waals surface area contributed by atoms with E-state index in [1.54, 1.807) is 25.1 Å². The number of benzene rings is 2. The van der Waals surface area contributed by atoms with Gasteiger partial charge in [-0.3, -0.25) is 9.52 Å². The van der Waals surface area contributed by atoms with Crippen molar-refractivity contribution in [2.45, 2.75) is 37.6 Å². The molecule has 0 aromatic heterocycles. The summed E-state index contributed by atoms with van der Waals surface area (Å²) in [7, 11) is -3.79. The van der Waals surface area contributed by atoms with E-state index < -0.39 is 10.0 Å². The second kappa shape index (κ2) is 8.94. The van der Waals surface area contributed by atoms with Gasteiger partial charge in [0.05, 0.1) is 4.90 Å². The number of aryl methyl sites for hydroxylation is 2. The molecule has 8 heteroatoms. The van der Waals surface area contributed by atoms with Gasteiger partial charge in [-0.15, -0.1) is 12.4 Å². The molecule has 1 unspecified atom stereocenters. The maximum atomic E-state index is 12.7. The van der Waals surface area contributed by atoms with Crippen LogP contribution in [0.3, 0.4) is 0 Å². The second-order valence-corrected chi connectivity index (χ2v) is 8.78. The van der Waals surface area contributed by atoms with Crippen molar-refractivity contribution in [1.29, 1.82) is 0 Å². The summed E-state index contributed by atoms with van der Waals surface area (Å²) < 4.78 is 28.0. The van der Waals surface area contributed by atoms with Crippen LogP contribution in [-0.4, -0.2) is 26.9 Å². The molecule has 4 N–H and O–H groups in total. The largest absolute Gasteiger partial charge is 0.348 e. The van der Waals surface area contributed by atoms with Crippen molar-refractivity contribution in [3.8, 4) is 0 Å². The molecule has 1 aliphatic carbocycles. The van der Waals surface area contributed by atoms with E-state index in [4.69, 9.17) is 5.73 Å². The van der Waals surface area contributed by atoms with Crippen molar-refractivity contribution >= 4 is 34.0 Å². The number of carbonyl (C=O) groups is 1. The van der Waals surface area contributed by atoms with Crippen LogP contribution in [0.5, 0.6) is 0 Å². The summed E-state index contributed by atoms with van der Waals surface area (Å²) in [5, 5.41) is 2.94. The second-order valence-electron chi connectivity index (χ2n) is 7.10. The van der Waals surface area contributed by atoms with Crippen molar-refractivity contribution < 1.29 is 13.2 Å². The molecule has 0 aliphatic heterocycles. The van der Waals surface area contributed by atoms with E-state index in [1.165, 1.54) is 12.1 Å². The fourth-order valence-electron chi connectivity index (χ4n) is 2.96. The highest BCUT2D eigenvalue weighted by Crippen LogP contribution is 2.32. The van der Waals surface area contributed by atoms with Crippen LogP contribution >= 0.6 is 12.4 Å². The third kappa shape index (κ3) is 5.25. The molecule has 1 atom stereocenters. The van der Waals surface area contributed by atoms with Gasteiger partial charge in [-0.1, -0.05) is 23.8 Å². The summed E-state index contributed by atoms with van der Waals surface area (Å²) in [5.74, 6) is 0.136. The molecule has 1 aliphatic rings. The lowest BCUT2D eigenvalue weighted by Crippen LogP contribution is -2.42. The monoisotopic (exact) mass is 423 g/mol. The summed E-state index contributed by atoms with van der Waals surface area (Å²) >= 11 is 0. The van der Waals surface area contributed by atoms with Gasteiger partial charge in [0.15, 0.2) is 0 Å². The average Bonchev–Trinajstić information content (AvgIpc) is 3.46. The van der Waals surface area contributed by atoms with Crippen molar-refractivity contribution in [3.05, 3.63) is 59.2 Å². The lowest BCUT2D eigenvalue weighted by Gasteiger charge is -2.17. The third-order valence-corrected chi connectivity index (χ3v) is 6.21. The lowest BCUT2D eigenvalue weighted by atomic mass is 10.1. The number of nitrogens with two attached hydrogens (primary N) is 1. The van der Waals surface area contributed by atoms with Gasteiger partial charge in [0, 0.05) is 23.8 Å². The number of nitrogens with one attached hydrogen (secondary N) is 2. The molecule has 1 saturated carbocycles. The van der Waals surface area contributed by atoms with Crippen LogP contribution in [-0.2, 0) is 10.0 Å². The minimum absolute atomic E-state index is 0. The molecular formula is C20H26ClN3O3S. The van der Waals surface area contributed by atoms with Crippen molar-refractivity contribution in [3.63, 3.8) is 0 Å². The van der Waals surface area contributed by atoms with Gasteiger partial charge in [0.1, 0.15) is 0 Å². The zero-order valence-corrected chi connectivity index (χ0v) is 17.6. The highest BCUT2D eigenvalue weighted by Gasteiger charge is 2.31. The number of amides is 1. The number of anilines is 1. The maximum Gasteiger partial charge on any atom is 0.261 e. The summed E-state index contributed by atoms with van der Waals surface area (Å²) in [5.41, 5.74) is 8.33. The first kappa shape index (κ1) is 22.2. The Bertz CT molecular complexity index is 942. The summed E-state index contributed by atoms with van der Waals surface area (Å²) in [6.45, 7) is 4.09. The van der Waals surface area contributed by atoms with Crippen LogP contribution in [0.1, 0.15) is 34.3 Å². The normalized spacial score (nSPS) is 14.7. The Labute approximate surface area is 172 Å². The first-order valence-corrected chi connectivity index (χ1v) is 10.5. The smallest absolute Gasteiger partial charge is 0.261 e. The zero-order chi connectivity index (χ0) is 19.6. The maximum absolute atomic E-state index is 12.7. The molecule has 152 valence electrons. The number of hydrogen-bond donors (Lipinski definition) is 3. The summed E-state index contributed by atoms with van der Waals surface area (Å²) in [6, 6.07) is 11.6. The van der Waals surface area contributed by atoms with Crippen LogP contribution in [0.4, 0.5) is 5.69 Å². The minimum atomic E-state index is -3.79. The molecule has 2 aromatic rings. The average molecular weight is 424 g/mol. The van der Waals surface area contributed by atoms with Gasteiger partial charge in [-0.05, 0) is 62.4 Å². The van der Waals surface area contributed by atoms with E-state index in [0.29, 0.717) is 29.3 Å². The molecule has 2 aromatic carbocycles. The van der Waals surface area contributed by atoms with Crippen molar-refractivity contribution in [2.24, 2.45) is 11.7 Å². The van der Waals surface area contributed by atoms with E-state index in [0.717, 1.165) is 18.4 Å². The number of rotatable bonds is 7. The van der Waals surface area contributed by atoms with Crippen molar-refractivity contribution in [2.75, 3.05) is 11.3 Å². The molecule has 0 radical (unpaired) electrons. The molecule has 6 nitrogen and oxygen atoms in total. The summed E-state index contributed by atoms with van der Waals surface area (Å²) in [6.07, 6.45) is 2.13. The quantitative estimate of drug-likeness (QED) is 0.637. The minimum Gasteiger partial charge on any atom is -0.348 e. The molecule has 1 fully saturated rings. The van der Waals surface area contributed by atoms with E-state index in [1.807, 2.05) is 19.1 Å². The molecular weight excluding hydrogens is 398 g/mol. The highest BCUT2D eigenvalue weighted by molar-refractivity contribution is 7.92. The van der Waals surface area contributed by atoms with Crippen LogP contribution in [0.15, 0.2) is 47.4 Å².